The van der Waals surface area contributed by atoms with E-state index in [1.807, 2.05) is 0 Å². The number of halogens is 2. The van der Waals surface area contributed by atoms with Crippen molar-refractivity contribution >= 4 is 33.0 Å². The molecule has 4 bridgehead atoms. The molecule has 4 saturated carbocycles. The van der Waals surface area contributed by atoms with Gasteiger partial charge < -0.3 is 14.0 Å². The highest BCUT2D eigenvalue weighted by Crippen LogP contribution is 2.63. The number of ether oxygens (including phenoxy) is 2. The first-order valence-corrected chi connectivity index (χ1v) is 17.6. The van der Waals surface area contributed by atoms with Crippen LogP contribution in [0.15, 0.2) is 118 Å². The maximum Gasteiger partial charge on any atom is 0.367 e. The molecule has 46 heavy (non-hydrogen) atoms. The van der Waals surface area contributed by atoms with Gasteiger partial charge in [-0.25, -0.2) is 13.2 Å². The maximum atomic E-state index is 13.3. The van der Waals surface area contributed by atoms with E-state index in [9.17, 15) is 31.3 Å². The second kappa shape index (κ2) is 13.3. The van der Waals surface area contributed by atoms with Crippen LogP contribution in [0.1, 0.15) is 45.4 Å². The molecule has 0 spiro atoms. The SMILES string of the molecule is C=C(C)C(=O)OC12CC3CC(C1)CC(C(=O)OCC(F)(F)S(=O)(=O)[O-])(C3)C2.c1ccc([S+](c2ccccc2)c2ccccc2)cc1. The lowest BCUT2D eigenvalue weighted by Gasteiger charge is -2.59. The number of carbonyl (C=O) groups is 2. The first-order chi connectivity index (χ1) is 21.7. The molecule has 0 amide bonds. The molecule has 0 heterocycles. The molecule has 0 N–H and O–H groups in total. The third kappa shape index (κ3) is 7.37. The minimum atomic E-state index is -5.93. The van der Waals surface area contributed by atoms with Crippen molar-refractivity contribution in [2.75, 3.05) is 6.61 Å². The molecule has 11 heteroatoms. The average Bonchev–Trinajstić information content (AvgIpc) is 3.00. The minimum Gasteiger partial charge on any atom is -0.743 e. The van der Waals surface area contributed by atoms with Crippen LogP contribution in [0.5, 0.6) is 0 Å². The van der Waals surface area contributed by atoms with Gasteiger partial charge >= 0.3 is 17.2 Å². The number of rotatable bonds is 9. The van der Waals surface area contributed by atoms with Gasteiger partial charge in [-0.3, -0.25) is 4.79 Å². The molecule has 7 nitrogen and oxygen atoms in total. The van der Waals surface area contributed by atoms with Crippen molar-refractivity contribution in [2.24, 2.45) is 17.3 Å². The van der Waals surface area contributed by atoms with Gasteiger partial charge in [-0.1, -0.05) is 61.2 Å². The van der Waals surface area contributed by atoms with E-state index in [2.05, 4.69) is 102 Å². The van der Waals surface area contributed by atoms with Crippen LogP contribution in [0, 0.1) is 17.3 Å². The Labute approximate surface area is 271 Å². The predicted molar refractivity (Wildman–Crippen MR) is 168 cm³/mol. The Kier molecular flexibility index (Phi) is 9.77. The van der Waals surface area contributed by atoms with Crippen LogP contribution < -0.4 is 0 Å². The van der Waals surface area contributed by atoms with E-state index in [-0.39, 0.29) is 34.7 Å². The number of esters is 2. The third-order valence-corrected chi connectivity index (χ3v) is 11.9. The van der Waals surface area contributed by atoms with Crippen molar-refractivity contribution in [3.8, 4) is 0 Å². The summed E-state index contributed by atoms with van der Waals surface area (Å²) in [5, 5.41) is -4.69. The van der Waals surface area contributed by atoms with Crippen molar-refractivity contribution in [2.45, 2.75) is 71.0 Å². The molecular weight excluding hydrogens is 635 g/mol. The largest absolute Gasteiger partial charge is 0.743 e. The highest BCUT2D eigenvalue weighted by molar-refractivity contribution is 7.97. The summed E-state index contributed by atoms with van der Waals surface area (Å²) in [5.41, 5.74) is -1.75. The summed E-state index contributed by atoms with van der Waals surface area (Å²) in [6.07, 6.45) is 2.98. The summed E-state index contributed by atoms with van der Waals surface area (Å²) < 4.78 is 68.7. The molecule has 3 aromatic rings. The van der Waals surface area contributed by atoms with Crippen LogP contribution in [0.25, 0.3) is 0 Å². The fraction of sp³-hybridized carbons (Fsp3) is 0.371. The molecule has 2 unspecified atom stereocenters. The van der Waals surface area contributed by atoms with E-state index >= 15 is 0 Å². The third-order valence-electron chi connectivity index (χ3n) is 8.77. The summed E-state index contributed by atoms with van der Waals surface area (Å²) >= 11 is 0. The van der Waals surface area contributed by atoms with E-state index < -0.39 is 44.9 Å². The van der Waals surface area contributed by atoms with Gasteiger partial charge in [0, 0.05) is 12.0 Å². The summed E-state index contributed by atoms with van der Waals surface area (Å²) in [7, 11) is -5.95. The van der Waals surface area contributed by atoms with Crippen LogP contribution in [-0.2, 0) is 40.1 Å². The van der Waals surface area contributed by atoms with Crippen LogP contribution in [0.2, 0.25) is 0 Å². The van der Waals surface area contributed by atoms with Crippen LogP contribution in [0.3, 0.4) is 0 Å². The first kappa shape index (κ1) is 33.8. The van der Waals surface area contributed by atoms with Crippen LogP contribution in [0.4, 0.5) is 8.78 Å². The number of alkyl halides is 2. The molecule has 0 saturated heterocycles. The van der Waals surface area contributed by atoms with Crippen molar-refractivity contribution in [1.82, 2.24) is 0 Å². The lowest BCUT2D eigenvalue weighted by molar-refractivity contribution is -0.212. The zero-order chi connectivity index (χ0) is 33.2. The Balaban J connectivity index is 0.000000192. The Morgan fingerprint density at radius 2 is 1.30 bits per heavy atom. The standard InChI is InChI=1S/C18H15S.C17H22F2O7S/c1-4-10-16(11-5-1)19(17-12-6-2-7-13-17)18-14-8-3-9-15-18;1-10(2)13(20)26-16-6-11-3-12(7-16)5-15(4-11,8-16)14(21)25-9-17(18,19)27(22,23)24/h1-15H;11-12H,1,3-9H2,2H3,(H,22,23,24)/q+1;/p-1. The number of hydrogen-bond acceptors (Lipinski definition) is 7. The monoisotopic (exact) mass is 670 g/mol. The molecule has 0 aliphatic heterocycles. The second-order valence-corrected chi connectivity index (χ2v) is 16.0. The van der Waals surface area contributed by atoms with Gasteiger partial charge in [-0.05, 0) is 87.3 Å². The van der Waals surface area contributed by atoms with Gasteiger partial charge in [0.05, 0.1) is 16.3 Å². The molecule has 2 atom stereocenters. The van der Waals surface area contributed by atoms with Gasteiger partial charge in [0.25, 0.3) is 0 Å². The van der Waals surface area contributed by atoms with Crippen LogP contribution in [-0.4, -0.2) is 42.4 Å². The molecular formula is C35H36F2O7S2. The lowest BCUT2D eigenvalue weighted by atomic mass is 9.48. The molecule has 4 aliphatic rings. The molecule has 0 radical (unpaired) electrons. The normalized spacial score (nSPS) is 24.9. The summed E-state index contributed by atoms with van der Waals surface area (Å²) in [6, 6.07) is 32.2. The maximum absolute atomic E-state index is 13.3. The molecule has 3 aromatic carbocycles. The number of hydrogen-bond donors (Lipinski definition) is 0. The summed E-state index contributed by atoms with van der Waals surface area (Å²) in [6.45, 7) is 3.25. The molecule has 7 rings (SSSR count). The Morgan fingerprint density at radius 3 is 1.70 bits per heavy atom. The highest BCUT2D eigenvalue weighted by atomic mass is 32.2. The van der Waals surface area contributed by atoms with E-state index in [0.29, 0.717) is 25.7 Å². The zero-order valence-corrected chi connectivity index (χ0v) is 27.0. The Hall–Kier alpha value is -3.54. The number of benzene rings is 3. The van der Waals surface area contributed by atoms with Gasteiger partial charge in [-0.2, -0.15) is 8.78 Å². The topological polar surface area (TPSA) is 110 Å². The van der Waals surface area contributed by atoms with Gasteiger partial charge in [0.1, 0.15) is 5.60 Å². The fourth-order valence-electron chi connectivity index (χ4n) is 7.27. The van der Waals surface area contributed by atoms with E-state index in [4.69, 9.17) is 4.74 Å². The van der Waals surface area contributed by atoms with Crippen molar-refractivity contribution in [3.63, 3.8) is 0 Å². The molecule has 4 aliphatic carbocycles. The Morgan fingerprint density at radius 1 is 0.870 bits per heavy atom. The predicted octanol–water partition coefficient (Wildman–Crippen LogP) is 6.91. The van der Waals surface area contributed by atoms with E-state index in [1.165, 1.54) is 21.6 Å². The first-order valence-electron chi connectivity index (χ1n) is 15.0. The van der Waals surface area contributed by atoms with Crippen molar-refractivity contribution in [3.05, 3.63) is 103 Å². The minimum absolute atomic E-state index is 0.0146. The van der Waals surface area contributed by atoms with Gasteiger partial charge in [-0.15, -0.1) is 0 Å². The number of carbonyl (C=O) groups excluding carboxylic acids is 2. The van der Waals surface area contributed by atoms with Crippen molar-refractivity contribution < 1.29 is 40.8 Å². The van der Waals surface area contributed by atoms with Crippen LogP contribution >= 0.6 is 0 Å². The molecule has 0 aromatic heterocycles. The summed E-state index contributed by atoms with van der Waals surface area (Å²) in [5.74, 6) is -1.36. The molecule has 244 valence electrons. The fourth-order valence-corrected chi connectivity index (χ4v) is 9.58. The van der Waals surface area contributed by atoms with E-state index in [0.717, 1.165) is 6.42 Å². The molecule has 4 fully saturated rings. The summed E-state index contributed by atoms with van der Waals surface area (Å²) in [4.78, 5) is 28.7. The van der Waals surface area contributed by atoms with Gasteiger partial charge in [0.2, 0.25) is 0 Å². The Bertz CT molecular complexity index is 1560. The van der Waals surface area contributed by atoms with E-state index in [1.54, 1.807) is 0 Å². The quantitative estimate of drug-likeness (QED) is 0.105. The smallest absolute Gasteiger partial charge is 0.367 e. The lowest BCUT2D eigenvalue weighted by Crippen LogP contribution is -2.60. The van der Waals surface area contributed by atoms with Gasteiger partial charge in [0.15, 0.2) is 31.4 Å². The second-order valence-electron chi connectivity index (χ2n) is 12.5. The van der Waals surface area contributed by atoms with Crippen molar-refractivity contribution in [1.29, 1.82) is 0 Å². The average molecular weight is 671 g/mol. The zero-order valence-electron chi connectivity index (χ0n) is 25.4. The highest BCUT2D eigenvalue weighted by Gasteiger charge is 2.63.